The van der Waals surface area contributed by atoms with Gasteiger partial charge in [0.1, 0.15) is 0 Å². The fourth-order valence-corrected chi connectivity index (χ4v) is 4.41. The standard InChI is InChI=1S/C23H23N3OS/c27-22(24-20-13-15-28-16-14-20)12-11-19-17-26(21-9-5-2-6-10-21)25-23(19)18-7-3-1-4-8-18/h1-12,17,20H,13-16H2,(H,24,27)/b12-11+. The van der Waals surface area contributed by atoms with Crippen molar-refractivity contribution in [3.05, 3.63) is 78.5 Å². The molecule has 1 amide bonds. The number of benzene rings is 2. The van der Waals surface area contributed by atoms with Gasteiger partial charge in [-0.25, -0.2) is 4.68 Å². The highest BCUT2D eigenvalue weighted by Gasteiger charge is 2.15. The second kappa shape index (κ2) is 8.93. The molecule has 0 aliphatic carbocycles. The highest BCUT2D eigenvalue weighted by molar-refractivity contribution is 7.99. The third kappa shape index (κ3) is 4.54. The molecule has 2 aromatic carbocycles. The van der Waals surface area contributed by atoms with Crippen LogP contribution in [0.5, 0.6) is 0 Å². The first-order valence-corrected chi connectivity index (χ1v) is 10.7. The van der Waals surface area contributed by atoms with Gasteiger partial charge >= 0.3 is 0 Å². The lowest BCUT2D eigenvalue weighted by Crippen LogP contribution is -2.36. The molecule has 0 unspecified atom stereocenters. The van der Waals surface area contributed by atoms with E-state index in [1.54, 1.807) is 6.08 Å². The zero-order chi connectivity index (χ0) is 19.2. The van der Waals surface area contributed by atoms with Crippen LogP contribution in [-0.4, -0.2) is 33.2 Å². The van der Waals surface area contributed by atoms with Crippen LogP contribution >= 0.6 is 11.8 Å². The van der Waals surface area contributed by atoms with Gasteiger partial charge in [-0.1, -0.05) is 48.5 Å². The summed E-state index contributed by atoms with van der Waals surface area (Å²) in [5.74, 6) is 2.20. The topological polar surface area (TPSA) is 46.9 Å². The van der Waals surface area contributed by atoms with Crippen LogP contribution < -0.4 is 5.32 Å². The molecule has 1 fully saturated rings. The molecule has 1 aliphatic rings. The number of nitrogens with zero attached hydrogens (tertiary/aromatic N) is 2. The van der Waals surface area contributed by atoms with Crippen molar-refractivity contribution in [3.8, 4) is 16.9 Å². The van der Waals surface area contributed by atoms with Gasteiger partial charge in [0.05, 0.1) is 11.4 Å². The van der Waals surface area contributed by atoms with Crippen LogP contribution in [0.4, 0.5) is 0 Å². The zero-order valence-corrected chi connectivity index (χ0v) is 16.4. The van der Waals surface area contributed by atoms with Gasteiger partial charge in [0, 0.05) is 29.4 Å². The maximum absolute atomic E-state index is 12.4. The first kappa shape index (κ1) is 18.6. The normalized spacial score (nSPS) is 15.0. The van der Waals surface area contributed by atoms with Crippen LogP contribution in [0, 0.1) is 0 Å². The lowest BCUT2D eigenvalue weighted by Gasteiger charge is -2.21. The predicted octanol–water partition coefficient (Wildman–Crippen LogP) is 4.56. The smallest absolute Gasteiger partial charge is 0.244 e. The summed E-state index contributed by atoms with van der Waals surface area (Å²) in [6, 6.07) is 20.4. The Morgan fingerprint density at radius 2 is 1.71 bits per heavy atom. The molecule has 0 spiro atoms. The van der Waals surface area contributed by atoms with Crippen molar-refractivity contribution in [2.24, 2.45) is 0 Å². The first-order valence-electron chi connectivity index (χ1n) is 9.56. The zero-order valence-electron chi connectivity index (χ0n) is 15.6. The van der Waals surface area contributed by atoms with Crippen molar-refractivity contribution in [2.45, 2.75) is 18.9 Å². The Labute approximate surface area is 169 Å². The molecule has 2 heterocycles. The molecule has 1 aliphatic heterocycles. The summed E-state index contributed by atoms with van der Waals surface area (Å²) >= 11 is 1.96. The van der Waals surface area contributed by atoms with E-state index >= 15 is 0 Å². The quantitative estimate of drug-likeness (QED) is 0.651. The number of carbonyl (C=O) groups excluding carboxylic acids is 1. The number of rotatable bonds is 5. The van der Waals surface area contributed by atoms with E-state index in [1.807, 2.05) is 89.4 Å². The van der Waals surface area contributed by atoms with Crippen molar-refractivity contribution in [2.75, 3.05) is 11.5 Å². The van der Waals surface area contributed by atoms with Crippen LogP contribution in [0.3, 0.4) is 0 Å². The van der Waals surface area contributed by atoms with E-state index in [9.17, 15) is 4.79 Å². The number of hydrogen-bond donors (Lipinski definition) is 1. The second-order valence-electron chi connectivity index (χ2n) is 6.81. The molecule has 1 aromatic heterocycles. The van der Waals surface area contributed by atoms with Gasteiger partial charge in [-0.15, -0.1) is 0 Å². The van der Waals surface area contributed by atoms with Gasteiger partial charge in [0.15, 0.2) is 0 Å². The van der Waals surface area contributed by atoms with Gasteiger partial charge in [-0.2, -0.15) is 16.9 Å². The van der Waals surface area contributed by atoms with Gasteiger partial charge in [-0.3, -0.25) is 4.79 Å². The van der Waals surface area contributed by atoms with Crippen LogP contribution in [0.15, 0.2) is 72.9 Å². The molecule has 142 valence electrons. The molecule has 1 saturated heterocycles. The van der Waals surface area contributed by atoms with Crippen LogP contribution in [0.25, 0.3) is 23.0 Å². The Bertz CT molecular complexity index is 944. The van der Waals surface area contributed by atoms with Gasteiger partial charge < -0.3 is 5.32 Å². The van der Waals surface area contributed by atoms with E-state index in [2.05, 4.69) is 5.32 Å². The molecule has 4 rings (SSSR count). The Hall–Kier alpha value is -2.79. The van der Waals surface area contributed by atoms with Crippen molar-refractivity contribution in [3.63, 3.8) is 0 Å². The Morgan fingerprint density at radius 1 is 1.04 bits per heavy atom. The Kier molecular flexibility index (Phi) is 5.92. The molecular formula is C23H23N3OS. The number of nitrogens with one attached hydrogen (secondary N) is 1. The third-order valence-corrected chi connectivity index (χ3v) is 5.84. The predicted molar refractivity (Wildman–Crippen MR) is 117 cm³/mol. The fraction of sp³-hybridized carbons (Fsp3) is 0.217. The lowest BCUT2D eigenvalue weighted by atomic mass is 10.1. The van der Waals surface area contributed by atoms with E-state index in [0.717, 1.165) is 46.9 Å². The minimum atomic E-state index is -0.0385. The summed E-state index contributed by atoms with van der Waals surface area (Å²) in [6.07, 6.45) is 7.55. The van der Waals surface area contributed by atoms with Gasteiger partial charge in [-0.05, 0) is 42.6 Å². The van der Waals surface area contributed by atoms with Crippen LogP contribution in [0.1, 0.15) is 18.4 Å². The SMILES string of the molecule is O=C(/C=C/c1cn(-c2ccccc2)nc1-c1ccccc1)NC1CCSCC1. The molecule has 1 N–H and O–H groups in total. The molecule has 5 heteroatoms. The number of para-hydroxylation sites is 1. The number of carbonyl (C=O) groups is 1. The van der Waals surface area contributed by atoms with E-state index in [1.165, 1.54) is 0 Å². The molecule has 0 radical (unpaired) electrons. The van der Waals surface area contributed by atoms with Gasteiger partial charge in [0.25, 0.3) is 0 Å². The first-order chi connectivity index (χ1) is 13.8. The average Bonchev–Trinajstić information content (AvgIpc) is 3.19. The van der Waals surface area contributed by atoms with E-state index < -0.39 is 0 Å². The van der Waals surface area contributed by atoms with Crippen molar-refractivity contribution >= 4 is 23.7 Å². The Morgan fingerprint density at radius 3 is 2.43 bits per heavy atom. The van der Waals surface area contributed by atoms with Crippen molar-refractivity contribution in [1.82, 2.24) is 15.1 Å². The minimum Gasteiger partial charge on any atom is -0.350 e. The highest BCUT2D eigenvalue weighted by Crippen LogP contribution is 2.24. The maximum atomic E-state index is 12.4. The van der Waals surface area contributed by atoms with Crippen molar-refractivity contribution < 1.29 is 4.79 Å². The number of amides is 1. The monoisotopic (exact) mass is 389 g/mol. The molecule has 0 saturated carbocycles. The molecule has 0 atom stereocenters. The molecule has 3 aromatic rings. The van der Waals surface area contributed by atoms with Crippen LogP contribution in [-0.2, 0) is 4.79 Å². The minimum absolute atomic E-state index is 0.0385. The summed E-state index contributed by atoms with van der Waals surface area (Å²) in [7, 11) is 0. The molecule has 4 nitrogen and oxygen atoms in total. The van der Waals surface area contributed by atoms with Gasteiger partial charge in [0.2, 0.25) is 5.91 Å². The second-order valence-corrected chi connectivity index (χ2v) is 8.03. The summed E-state index contributed by atoms with van der Waals surface area (Å²) in [5.41, 5.74) is 3.80. The van der Waals surface area contributed by atoms with E-state index in [0.29, 0.717) is 6.04 Å². The van der Waals surface area contributed by atoms with E-state index in [-0.39, 0.29) is 5.91 Å². The molecular weight excluding hydrogens is 366 g/mol. The third-order valence-electron chi connectivity index (χ3n) is 4.79. The maximum Gasteiger partial charge on any atom is 0.244 e. The fourth-order valence-electron chi connectivity index (χ4n) is 3.30. The molecule has 28 heavy (non-hydrogen) atoms. The highest BCUT2D eigenvalue weighted by atomic mass is 32.2. The summed E-state index contributed by atoms with van der Waals surface area (Å²) in [5, 5.41) is 7.90. The molecule has 0 bridgehead atoms. The number of thioether (sulfide) groups is 1. The number of aromatic nitrogens is 2. The lowest BCUT2D eigenvalue weighted by molar-refractivity contribution is -0.117. The average molecular weight is 390 g/mol. The van der Waals surface area contributed by atoms with E-state index in [4.69, 9.17) is 5.10 Å². The largest absolute Gasteiger partial charge is 0.350 e. The van der Waals surface area contributed by atoms with Crippen LogP contribution in [0.2, 0.25) is 0 Å². The summed E-state index contributed by atoms with van der Waals surface area (Å²) in [4.78, 5) is 12.4. The number of hydrogen-bond acceptors (Lipinski definition) is 3. The summed E-state index contributed by atoms with van der Waals surface area (Å²) < 4.78 is 1.86. The van der Waals surface area contributed by atoms with Crippen molar-refractivity contribution in [1.29, 1.82) is 0 Å². The Balaban J connectivity index is 1.59. The summed E-state index contributed by atoms with van der Waals surface area (Å²) in [6.45, 7) is 0.